The third-order valence-corrected chi connectivity index (χ3v) is 5.76. The Labute approximate surface area is 167 Å². The minimum atomic E-state index is -0.439. The predicted octanol–water partition coefficient (Wildman–Crippen LogP) is 4.87. The van der Waals surface area contributed by atoms with Crippen molar-refractivity contribution in [2.45, 2.75) is 0 Å². The minimum absolute atomic E-state index is 0.0638. The lowest BCUT2D eigenvalue weighted by atomic mass is 10.2. The first-order valence-corrected chi connectivity index (χ1v) is 9.61. The number of benzene rings is 2. The minimum Gasteiger partial charge on any atom is -0.461 e. The quantitative estimate of drug-likeness (QED) is 0.392. The molecule has 0 N–H and O–H groups in total. The van der Waals surface area contributed by atoms with Crippen LogP contribution in [0.1, 0.15) is 0 Å². The molecule has 0 saturated heterocycles. The molecule has 0 fully saturated rings. The molecular weight excluding hydrogens is 396 g/mol. The van der Waals surface area contributed by atoms with Crippen molar-refractivity contribution in [3.05, 3.63) is 92.5 Å². The summed E-state index contributed by atoms with van der Waals surface area (Å²) in [5.74, 6) is 0.762. The summed E-state index contributed by atoms with van der Waals surface area (Å²) in [6.07, 6.45) is 1.51. The van der Waals surface area contributed by atoms with Crippen molar-refractivity contribution in [2.75, 3.05) is 0 Å². The molecule has 5 aromatic rings. The average molecular weight is 407 g/mol. The number of hydrogen-bond acceptors (Lipinski definition) is 5. The first-order valence-electron chi connectivity index (χ1n) is 8.42. The smallest absolute Gasteiger partial charge is 0.271 e. The van der Waals surface area contributed by atoms with Gasteiger partial charge < -0.3 is 4.42 Å². The van der Waals surface area contributed by atoms with Gasteiger partial charge in [-0.1, -0.05) is 23.7 Å². The van der Waals surface area contributed by atoms with E-state index in [1.54, 1.807) is 48.5 Å². The Bertz CT molecular complexity index is 1450. The zero-order valence-corrected chi connectivity index (χ0v) is 15.8. The van der Waals surface area contributed by atoms with Crippen molar-refractivity contribution in [1.29, 1.82) is 0 Å². The Hall–Kier alpha value is -3.22. The van der Waals surface area contributed by atoms with Gasteiger partial charge in [-0.05, 0) is 48.5 Å². The van der Waals surface area contributed by atoms with E-state index in [0.717, 1.165) is 4.70 Å². The van der Waals surface area contributed by atoms with E-state index in [9.17, 15) is 9.59 Å². The largest absolute Gasteiger partial charge is 0.461 e. The van der Waals surface area contributed by atoms with Crippen molar-refractivity contribution in [2.24, 2.45) is 0 Å². The van der Waals surface area contributed by atoms with Crippen molar-refractivity contribution in [3.63, 3.8) is 0 Å². The van der Waals surface area contributed by atoms with Crippen LogP contribution in [0.4, 0.5) is 0 Å². The third kappa shape index (κ3) is 2.58. The van der Waals surface area contributed by atoms with Crippen LogP contribution in [0, 0.1) is 0 Å². The molecule has 3 heterocycles. The summed E-state index contributed by atoms with van der Waals surface area (Å²) in [4.78, 5) is 31.5. The van der Waals surface area contributed by atoms with E-state index in [2.05, 4.69) is 4.98 Å². The third-order valence-electron chi connectivity index (χ3n) is 4.44. The summed E-state index contributed by atoms with van der Waals surface area (Å²) in [6, 6.07) is 17.4. The molecule has 0 radical (unpaired) electrons. The number of nitrogens with zero attached hydrogens (tertiary/aromatic N) is 2. The van der Waals surface area contributed by atoms with Crippen molar-refractivity contribution < 1.29 is 4.42 Å². The molecule has 5 nitrogen and oxygen atoms in total. The summed E-state index contributed by atoms with van der Waals surface area (Å²) in [7, 11) is 0. The highest BCUT2D eigenvalue weighted by Gasteiger charge is 2.19. The van der Waals surface area contributed by atoms with Gasteiger partial charge in [0, 0.05) is 15.1 Å². The Kier molecular flexibility index (Phi) is 3.89. The van der Waals surface area contributed by atoms with E-state index >= 15 is 0 Å². The van der Waals surface area contributed by atoms with Crippen LogP contribution in [-0.4, -0.2) is 9.55 Å². The molecule has 0 bridgehead atoms. The van der Waals surface area contributed by atoms with Crippen LogP contribution in [0.3, 0.4) is 0 Å². The number of aromatic nitrogens is 2. The van der Waals surface area contributed by atoms with Crippen LogP contribution in [0.5, 0.6) is 0 Å². The number of furan rings is 1. The molecule has 28 heavy (non-hydrogen) atoms. The van der Waals surface area contributed by atoms with Gasteiger partial charge in [0.15, 0.2) is 11.6 Å². The van der Waals surface area contributed by atoms with Crippen molar-refractivity contribution >= 4 is 43.2 Å². The number of hydrogen-bond donors (Lipinski definition) is 0. The lowest BCUT2D eigenvalue weighted by Gasteiger charge is -2.12. The van der Waals surface area contributed by atoms with E-state index in [-0.39, 0.29) is 10.8 Å². The molecule has 0 amide bonds. The van der Waals surface area contributed by atoms with Crippen molar-refractivity contribution in [1.82, 2.24) is 9.55 Å². The summed E-state index contributed by atoms with van der Waals surface area (Å²) in [5.41, 5.74) is -0.214. The molecule has 0 unspecified atom stereocenters. The van der Waals surface area contributed by atoms with Gasteiger partial charge in [0.05, 0.1) is 12.0 Å². The summed E-state index contributed by atoms with van der Waals surface area (Å²) in [6.45, 7) is 0. The SMILES string of the molecule is O=c1c2ccccc2sc2nc(-c3ccco3)n(-c3ccc(Cl)cc3)c(=O)c12. The molecule has 0 atom stereocenters. The molecular formula is C21H11ClN2O3S. The van der Waals surface area contributed by atoms with E-state index in [4.69, 9.17) is 16.0 Å². The summed E-state index contributed by atoms with van der Waals surface area (Å²) < 4.78 is 7.67. The number of halogens is 1. The summed E-state index contributed by atoms with van der Waals surface area (Å²) >= 11 is 7.30. The lowest BCUT2D eigenvalue weighted by molar-refractivity contribution is 0.574. The second kappa shape index (κ2) is 6.44. The van der Waals surface area contributed by atoms with Crippen LogP contribution >= 0.6 is 22.9 Å². The standard InChI is InChI=1S/C21H11ClN2O3S/c22-12-7-9-13(10-8-12)24-19(15-5-3-11-27-15)23-20-17(21(24)26)18(25)14-4-1-2-6-16(14)28-20/h1-11H. The molecule has 136 valence electrons. The van der Waals surface area contributed by atoms with E-state index in [1.807, 2.05) is 12.1 Å². The predicted molar refractivity (Wildman–Crippen MR) is 112 cm³/mol. The van der Waals surface area contributed by atoms with Gasteiger partial charge in [0.25, 0.3) is 5.56 Å². The maximum absolute atomic E-state index is 13.4. The molecule has 0 saturated carbocycles. The van der Waals surface area contributed by atoms with Gasteiger partial charge >= 0.3 is 0 Å². The average Bonchev–Trinajstić information content (AvgIpc) is 3.23. The van der Waals surface area contributed by atoms with Gasteiger partial charge in [-0.15, -0.1) is 11.3 Å². The molecule has 3 aromatic heterocycles. The molecule has 5 rings (SSSR count). The van der Waals surface area contributed by atoms with Crippen LogP contribution in [-0.2, 0) is 0 Å². The fraction of sp³-hybridized carbons (Fsp3) is 0. The van der Waals surface area contributed by atoms with Crippen LogP contribution in [0.15, 0.2) is 80.9 Å². The Morgan fingerprint density at radius 2 is 1.75 bits per heavy atom. The van der Waals surface area contributed by atoms with Gasteiger partial charge in [0.2, 0.25) is 5.43 Å². The molecule has 0 spiro atoms. The fourth-order valence-corrected chi connectivity index (χ4v) is 4.32. The molecule has 7 heteroatoms. The van der Waals surface area contributed by atoms with E-state index in [1.165, 1.54) is 22.2 Å². The molecule has 0 aliphatic heterocycles. The highest BCUT2D eigenvalue weighted by atomic mass is 35.5. The van der Waals surface area contributed by atoms with Crippen LogP contribution in [0.25, 0.3) is 37.6 Å². The van der Waals surface area contributed by atoms with Gasteiger partial charge in [0.1, 0.15) is 10.2 Å². The van der Waals surface area contributed by atoms with Gasteiger partial charge in [-0.2, -0.15) is 0 Å². The fourth-order valence-electron chi connectivity index (χ4n) is 3.15. The Morgan fingerprint density at radius 3 is 2.50 bits per heavy atom. The lowest BCUT2D eigenvalue weighted by Crippen LogP contribution is -2.26. The van der Waals surface area contributed by atoms with Crippen molar-refractivity contribution in [3.8, 4) is 17.3 Å². The Morgan fingerprint density at radius 1 is 0.964 bits per heavy atom. The molecule has 0 aliphatic carbocycles. The zero-order valence-electron chi connectivity index (χ0n) is 14.3. The van der Waals surface area contributed by atoms with Crippen LogP contribution in [0.2, 0.25) is 5.02 Å². The molecule has 2 aromatic carbocycles. The summed E-state index contributed by atoms with van der Waals surface area (Å²) in [5, 5.41) is 1.11. The van der Waals surface area contributed by atoms with Gasteiger partial charge in [-0.3, -0.25) is 14.2 Å². The normalized spacial score (nSPS) is 11.3. The Balaban J connectivity index is 1.97. The highest BCUT2D eigenvalue weighted by molar-refractivity contribution is 7.24. The first-order chi connectivity index (χ1) is 13.6. The second-order valence-corrected chi connectivity index (χ2v) is 7.60. The van der Waals surface area contributed by atoms with E-state index < -0.39 is 5.56 Å². The van der Waals surface area contributed by atoms with Gasteiger partial charge in [-0.25, -0.2) is 4.98 Å². The highest BCUT2D eigenvalue weighted by Crippen LogP contribution is 2.26. The molecule has 0 aliphatic rings. The van der Waals surface area contributed by atoms with E-state index in [0.29, 0.717) is 32.5 Å². The monoisotopic (exact) mass is 406 g/mol. The topological polar surface area (TPSA) is 65.1 Å². The zero-order chi connectivity index (χ0) is 19.3. The number of rotatable bonds is 2. The first kappa shape index (κ1) is 16.9. The maximum Gasteiger partial charge on any atom is 0.271 e. The van der Waals surface area contributed by atoms with Crippen LogP contribution < -0.4 is 11.0 Å². The number of fused-ring (bicyclic) bond motifs is 2. The maximum atomic E-state index is 13.4. The second-order valence-electron chi connectivity index (χ2n) is 6.14.